The number of benzene rings is 4. The molecule has 0 unspecified atom stereocenters. The molecule has 7 nitrogen and oxygen atoms in total. The van der Waals surface area contributed by atoms with Crippen LogP contribution in [0.3, 0.4) is 0 Å². The van der Waals surface area contributed by atoms with Crippen LogP contribution in [-0.4, -0.2) is 42.4 Å². The molecule has 4 aromatic carbocycles. The lowest BCUT2D eigenvalue weighted by Crippen LogP contribution is -2.38. The number of ether oxygens (including phenoxy) is 3. The van der Waals surface area contributed by atoms with Crippen LogP contribution >= 0.6 is 0 Å². The van der Waals surface area contributed by atoms with Crippen molar-refractivity contribution in [3.05, 3.63) is 144 Å². The number of likely N-dealkylation sites (N-methyl/N-ethyl adjacent to an activating group) is 1. The molecule has 45 heavy (non-hydrogen) atoms. The summed E-state index contributed by atoms with van der Waals surface area (Å²) in [6, 6.07) is 35.0. The van der Waals surface area contributed by atoms with Gasteiger partial charge in [0.2, 0.25) is 0 Å². The molecule has 1 fully saturated rings. The second-order valence-corrected chi connectivity index (χ2v) is 11.4. The van der Waals surface area contributed by atoms with Gasteiger partial charge in [-0.1, -0.05) is 104 Å². The molecule has 0 aromatic heterocycles. The Kier molecular flexibility index (Phi) is 11.2. The van der Waals surface area contributed by atoms with Gasteiger partial charge in [0.1, 0.15) is 6.61 Å². The molecule has 1 amide bonds. The number of hydrogen-bond acceptors (Lipinski definition) is 6. The van der Waals surface area contributed by atoms with E-state index >= 15 is 0 Å². The molecule has 5 rings (SSSR count). The quantitative estimate of drug-likeness (QED) is 0.163. The molecule has 234 valence electrons. The van der Waals surface area contributed by atoms with Crippen LogP contribution in [0.2, 0.25) is 0 Å². The average Bonchev–Trinajstić information content (AvgIpc) is 3.10. The summed E-state index contributed by atoms with van der Waals surface area (Å²) in [6.45, 7) is 7.05. The summed E-state index contributed by atoms with van der Waals surface area (Å²) in [7, 11) is 2.14. The van der Waals surface area contributed by atoms with Crippen LogP contribution in [0.4, 0.5) is 4.79 Å². The second kappa shape index (κ2) is 15.6. The summed E-state index contributed by atoms with van der Waals surface area (Å²) >= 11 is 0. The summed E-state index contributed by atoms with van der Waals surface area (Å²) in [5.74, 6) is 0. The van der Waals surface area contributed by atoms with E-state index in [0.717, 1.165) is 39.9 Å². The maximum absolute atomic E-state index is 11.9. The van der Waals surface area contributed by atoms with Gasteiger partial charge in [-0.15, -0.1) is 0 Å². The van der Waals surface area contributed by atoms with E-state index in [1.807, 2.05) is 54.6 Å². The fourth-order valence-electron chi connectivity index (χ4n) is 5.58. The maximum atomic E-state index is 11.9. The Morgan fingerprint density at radius 2 is 1.69 bits per heavy atom. The molecular weight excluding hydrogens is 564 g/mol. The first-order valence-electron chi connectivity index (χ1n) is 15.4. The first-order valence-corrected chi connectivity index (χ1v) is 15.4. The van der Waals surface area contributed by atoms with Crippen LogP contribution in [0.1, 0.15) is 59.6 Å². The third kappa shape index (κ3) is 8.68. The lowest BCUT2D eigenvalue weighted by molar-refractivity contribution is -0.253. The normalized spacial score (nSPS) is 18.7. The van der Waals surface area contributed by atoms with E-state index in [4.69, 9.17) is 14.2 Å². The number of alkyl carbamates (subject to hydrolysis) is 1. The van der Waals surface area contributed by atoms with Crippen LogP contribution in [0.25, 0.3) is 11.1 Å². The molecule has 4 aromatic rings. The zero-order valence-corrected chi connectivity index (χ0v) is 26.0. The molecule has 1 aliphatic rings. The number of nitrogens with one attached hydrogen (secondary N) is 1. The van der Waals surface area contributed by atoms with E-state index in [1.54, 1.807) is 0 Å². The Bertz CT molecular complexity index is 1540. The summed E-state index contributed by atoms with van der Waals surface area (Å²) in [4.78, 5) is 14.2. The zero-order valence-electron chi connectivity index (χ0n) is 26.0. The van der Waals surface area contributed by atoms with Crippen LogP contribution in [0.15, 0.2) is 116 Å². The number of aliphatic hydroxyl groups is 1. The Morgan fingerprint density at radius 3 is 2.42 bits per heavy atom. The Labute approximate surface area is 266 Å². The highest BCUT2D eigenvalue weighted by Crippen LogP contribution is 2.39. The molecule has 7 heteroatoms. The molecule has 0 aliphatic carbocycles. The maximum Gasteiger partial charge on any atom is 0.407 e. The minimum Gasteiger partial charge on any atom is -0.445 e. The van der Waals surface area contributed by atoms with Gasteiger partial charge in [0.05, 0.1) is 18.8 Å². The van der Waals surface area contributed by atoms with Gasteiger partial charge in [0.25, 0.3) is 0 Å². The van der Waals surface area contributed by atoms with E-state index < -0.39 is 12.4 Å². The molecule has 1 saturated heterocycles. The molecule has 4 atom stereocenters. The highest BCUT2D eigenvalue weighted by Gasteiger charge is 2.33. The van der Waals surface area contributed by atoms with Crippen LogP contribution < -0.4 is 5.32 Å². The van der Waals surface area contributed by atoms with Crippen LogP contribution in [0, 0.1) is 0 Å². The first kappa shape index (κ1) is 32.1. The zero-order chi connectivity index (χ0) is 31.6. The number of carbonyl (C=O) groups excluding carboxylic acids is 1. The van der Waals surface area contributed by atoms with Crippen LogP contribution in [0.5, 0.6) is 0 Å². The van der Waals surface area contributed by atoms with E-state index in [9.17, 15) is 9.90 Å². The monoisotopic (exact) mass is 606 g/mol. The average molecular weight is 607 g/mol. The highest BCUT2D eigenvalue weighted by atomic mass is 16.7. The van der Waals surface area contributed by atoms with Crippen molar-refractivity contribution in [3.63, 3.8) is 0 Å². The van der Waals surface area contributed by atoms with E-state index in [2.05, 4.69) is 79.3 Å². The lowest BCUT2D eigenvalue weighted by atomic mass is 9.98. The van der Waals surface area contributed by atoms with E-state index in [1.165, 1.54) is 11.6 Å². The number of aliphatic hydroxyl groups excluding tert-OH is 1. The Hall–Kier alpha value is -4.27. The fourth-order valence-corrected chi connectivity index (χ4v) is 5.58. The number of hydrogen-bond donors (Lipinski definition) is 2. The summed E-state index contributed by atoms with van der Waals surface area (Å²) in [5, 5.41) is 12.3. The minimum absolute atomic E-state index is 0.00574. The van der Waals surface area contributed by atoms with Crippen molar-refractivity contribution in [2.45, 2.75) is 51.0 Å². The van der Waals surface area contributed by atoms with Crippen molar-refractivity contribution in [2.24, 2.45) is 0 Å². The molecule has 0 radical (unpaired) electrons. The first-order chi connectivity index (χ1) is 21.9. The number of nitrogens with zero attached hydrogens (tertiary/aromatic N) is 1. The summed E-state index contributed by atoms with van der Waals surface area (Å²) < 4.78 is 18.3. The molecule has 2 N–H and O–H groups in total. The SMILES string of the molecule is C=CCOC(=O)NCc1cccc(-c2cccc([C@@H]3O[C@H](CN(C)[C@@H](C)c4ccccc4)C[C@H](c4ccc(CO)cc4)O3)c2)c1. The van der Waals surface area contributed by atoms with Gasteiger partial charge >= 0.3 is 6.09 Å². The number of rotatable bonds is 12. The third-order valence-corrected chi connectivity index (χ3v) is 8.24. The minimum atomic E-state index is -0.559. The number of amides is 1. The summed E-state index contributed by atoms with van der Waals surface area (Å²) in [5.41, 5.74) is 7.14. The largest absolute Gasteiger partial charge is 0.445 e. The predicted octanol–water partition coefficient (Wildman–Crippen LogP) is 7.50. The second-order valence-electron chi connectivity index (χ2n) is 11.4. The van der Waals surface area contributed by atoms with Crippen LogP contribution in [-0.2, 0) is 27.4 Å². The van der Waals surface area contributed by atoms with Gasteiger partial charge in [-0.3, -0.25) is 4.90 Å². The summed E-state index contributed by atoms with van der Waals surface area (Å²) in [6.07, 6.45) is 0.976. The van der Waals surface area contributed by atoms with Crippen molar-refractivity contribution >= 4 is 6.09 Å². The Morgan fingerprint density at radius 1 is 0.956 bits per heavy atom. The van der Waals surface area contributed by atoms with Gasteiger partial charge in [0, 0.05) is 31.1 Å². The van der Waals surface area contributed by atoms with Gasteiger partial charge in [0.15, 0.2) is 6.29 Å². The fraction of sp³-hybridized carbons (Fsp3) is 0.289. The Balaban J connectivity index is 1.35. The van der Waals surface area contributed by atoms with Crippen molar-refractivity contribution < 1.29 is 24.1 Å². The van der Waals surface area contributed by atoms with E-state index in [-0.39, 0.29) is 31.5 Å². The highest BCUT2D eigenvalue weighted by molar-refractivity contribution is 5.68. The van der Waals surface area contributed by atoms with Crippen molar-refractivity contribution in [2.75, 3.05) is 20.2 Å². The topological polar surface area (TPSA) is 80.3 Å². The number of carbonyl (C=O) groups is 1. The van der Waals surface area contributed by atoms with Gasteiger partial charge in [-0.25, -0.2) is 4.79 Å². The van der Waals surface area contributed by atoms with Gasteiger partial charge < -0.3 is 24.6 Å². The lowest BCUT2D eigenvalue weighted by Gasteiger charge is -2.39. The molecule has 1 aliphatic heterocycles. The predicted molar refractivity (Wildman–Crippen MR) is 176 cm³/mol. The smallest absolute Gasteiger partial charge is 0.407 e. The van der Waals surface area contributed by atoms with Crippen molar-refractivity contribution in [3.8, 4) is 11.1 Å². The molecule has 0 saturated carbocycles. The third-order valence-electron chi connectivity index (χ3n) is 8.24. The molecule has 1 heterocycles. The molecular formula is C38H42N2O5. The van der Waals surface area contributed by atoms with Gasteiger partial charge in [-0.2, -0.15) is 0 Å². The van der Waals surface area contributed by atoms with Crippen molar-refractivity contribution in [1.29, 1.82) is 0 Å². The molecule has 0 spiro atoms. The standard InChI is InChI=1S/C38H42N2O5/c1-4-20-43-38(42)39-24-29-10-8-13-32(21-29)33-14-9-15-34(22-33)37-44-35(25-40(3)27(2)30-11-6-5-7-12-30)23-36(45-37)31-18-16-28(26-41)17-19-31/h4-19,21-22,27,35-37,41H,1,20,23-26H2,2-3H3,(H,39,42)/t27-,35-,36+,37+/m0/s1. The molecule has 0 bridgehead atoms. The van der Waals surface area contributed by atoms with Crippen molar-refractivity contribution in [1.82, 2.24) is 10.2 Å². The van der Waals surface area contributed by atoms with E-state index in [0.29, 0.717) is 13.0 Å². The van der Waals surface area contributed by atoms with Gasteiger partial charge in [-0.05, 0) is 59.5 Å².